The lowest BCUT2D eigenvalue weighted by Crippen LogP contribution is -2.33. The van der Waals surface area contributed by atoms with Crippen LogP contribution in [0.4, 0.5) is 0 Å². The maximum atomic E-state index is 12.5. The van der Waals surface area contributed by atoms with E-state index in [0.717, 1.165) is 5.56 Å². The van der Waals surface area contributed by atoms with E-state index in [4.69, 9.17) is 4.42 Å². The predicted molar refractivity (Wildman–Crippen MR) is 108 cm³/mol. The largest absolute Gasteiger partial charge is 0.454 e. The van der Waals surface area contributed by atoms with Crippen LogP contribution in [0.1, 0.15) is 35.7 Å². The van der Waals surface area contributed by atoms with Gasteiger partial charge in [-0.1, -0.05) is 12.1 Å². The minimum atomic E-state index is -3.52. The number of amides is 1. The Morgan fingerprint density at radius 1 is 1.21 bits per heavy atom. The Morgan fingerprint density at radius 2 is 1.93 bits per heavy atom. The number of nitrogens with one attached hydrogen (secondary N) is 1. The average Bonchev–Trinajstić information content (AvgIpc) is 3.38. The minimum Gasteiger partial charge on any atom is -0.454 e. The highest BCUT2D eigenvalue weighted by molar-refractivity contribution is 7.89. The van der Waals surface area contributed by atoms with Crippen LogP contribution in [-0.4, -0.2) is 41.5 Å². The Labute approximate surface area is 170 Å². The summed E-state index contributed by atoms with van der Waals surface area (Å²) in [7, 11) is -1.97. The van der Waals surface area contributed by atoms with Gasteiger partial charge in [0.1, 0.15) is 5.76 Å². The zero-order chi connectivity index (χ0) is 21.0. The highest BCUT2D eigenvalue weighted by Gasteiger charge is 2.22. The Morgan fingerprint density at radius 3 is 2.55 bits per heavy atom. The second-order valence-corrected chi connectivity index (χ2v) is 8.91. The van der Waals surface area contributed by atoms with Crippen molar-refractivity contribution in [2.75, 3.05) is 7.05 Å². The van der Waals surface area contributed by atoms with Crippen LogP contribution in [0.2, 0.25) is 0 Å². The van der Waals surface area contributed by atoms with Gasteiger partial charge in [0, 0.05) is 32.0 Å². The molecule has 2 aromatic heterocycles. The van der Waals surface area contributed by atoms with Crippen LogP contribution in [0.3, 0.4) is 0 Å². The molecular formula is C20H24N4O4S. The summed E-state index contributed by atoms with van der Waals surface area (Å²) < 4.78 is 33.6. The fourth-order valence-corrected chi connectivity index (χ4v) is 4.00. The molecule has 0 aliphatic carbocycles. The molecular weight excluding hydrogens is 392 g/mol. The van der Waals surface area contributed by atoms with E-state index in [1.54, 1.807) is 54.3 Å². The number of carbonyl (C=O) groups is 1. The molecule has 8 nitrogen and oxygen atoms in total. The molecule has 0 unspecified atom stereocenters. The molecule has 0 atom stereocenters. The van der Waals surface area contributed by atoms with Crippen molar-refractivity contribution in [3.05, 3.63) is 71.9 Å². The maximum absolute atomic E-state index is 12.5. The van der Waals surface area contributed by atoms with Gasteiger partial charge >= 0.3 is 0 Å². The van der Waals surface area contributed by atoms with E-state index in [9.17, 15) is 13.2 Å². The van der Waals surface area contributed by atoms with Gasteiger partial charge in [0.2, 0.25) is 10.0 Å². The SMILES string of the molecule is CC(C)N(C)S(=O)(=O)c1ccc(CNC(=O)c2ccc(Cn3cccn3)o2)cc1. The molecule has 0 spiro atoms. The molecule has 0 bridgehead atoms. The molecule has 1 aromatic carbocycles. The summed E-state index contributed by atoms with van der Waals surface area (Å²) in [5.74, 6) is 0.501. The summed E-state index contributed by atoms with van der Waals surface area (Å²) in [6.45, 7) is 4.34. The van der Waals surface area contributed by atoms with E-state index in [1.807, 2.05) is 26.1 Å². The highest BCUT2D eigenvalue weighted by atomic mass is 32.2. The first-order valence-electron chi connectivity index (χ1n) is 9.18. The number of sulfonamides is 1. The Balaban J connectivity index is 1.59. The molecule has 9 heteroatoms. The topological polar surface area (TPSA) is 97.4 Å². The Hall–Kier alpha value is -2.91. The van der Waals surface area contributed by atoms with Crippen LogP contribution in [-0.2, 0) is 23.1 Å². The van der Waals surface area contributed by atoms with Crippen molar-refractivity contribution >= 4 is 15.9 Å². The van der Waals surface area contributed by atoms with Crippen LogP contribution in [0, 0.1) is 0 Å². The second-order valence-electron chi connectivity index (χ2n) is 6.91. The fraction of sp³-hybridized carbons (Fsp3) is 0.300. The van der Waals surface area contributed by atoms with E-state index in [-0.39, 0.29) is 29.1 Å². The van der Waals surface area contributed by atoms with Crippen molar-refractivity contribution < 1.29 is 17.6 Å². The third-order valence-electron chi connectivity index (χ3n) is 4.54. The molecule has 0 radical (unpaired) electrons. The number of nitrogens with zero attached hydrogens (tertiary/aromatic N) is 3. The van der Waals surface area contributed by atoms with Crippen LogP contribution in [0.25, 0.3) is 0 Å². The monoisotopic (exact) mass is 416 g/mol. The van der Waals surface area contributed by atoms with Gasteiger partial charge in [-0.05, 0) is 49.7 Å². The van der Waals surface area contributed by atoms with Crippen molar-refractivity contribution in [2.24, 2.45) is 0 Å². The number of aromatic nitrogens is 2. The van der Waals surface area contributed by atoms with Gasteiger partial charge in [0.05, 0.1) is 11.4 Å². The van der Waals surface area contributed by atoms with Crippen molar-refractivity contribution in [2.45, 2.75) is 37.9 Å². The minimum absolute atomic E-state index is 0.134. The molecule has 1 N–H and O–H groups in total. The summed E-state index contributed by atoms with van der Waals surface area (Å²) in [6, 6.07) is 11.5. The van der Waals surface area contributed by atoms with Crippen molar-refractivity contribution in [1.82, 2.24) is 19.4 Å². The molecule has 3 rings (SSSR count). The Kier molecular flexibility index (Phi) is 6.19. The van der Waals surface area contributed by atoms with Crippen LogP contribution in [0.5, 0.6) is 0 Å². The standard InChI is InChI=1S/C20H24N4O4S/c1-15(2)23(3)29(26,27)18-8-5-16(6-9-18)13-21-20(25)19-10-7-17(28-19)14-24-12-4-11-22-24/h4-12,15H,13-14H2,1-3H3,(H,21,25). The number of furan rings is 1. The van der Waals surface area contributed by atoms with Crippen LogP contribution in [0.15, 0.2) is 64.2 Å². The molecule has 0 fully saturated rings. The lowest BCUT2D eigenvalue weighted by molar-refractivity contribution is 0.0921. The first-order valence-corrected chi connectivity index (χ1v) is 10.6. The summed E-state index contributed by atoms with van der Waals surface area (Å²) in [6.07, 6.45) is 3.49. The molecule has 0 aliphatic heterocycles. The molecule has 0 saturated heterocycles. The molecule has 0 saturated carbocycles. The number of hydrogen-bond acceptors (Lipinski definition) is 5. The van der Waals surface area contributed by atoms with Gasteiger partial charge < -0.3 is 9.73 Å². The molecule has 0 aliphatic rings. The van der Waals surface area contributed by atoms with E-state index < -0.39 is 10.0 Å². The summed E-state index contributed by atoms with van der Waals surface area (Å²) >= 11 is 0. The normalized spacial score (nSPS) is 11.9. The van der Waals surface area contributed by atoms with Crippen molar-refractivity contribution in [1.29, 1.82) is 0 Å². The third-order valence-corrected chi connectivity index (χ3v) is 6.59. The molecule has 154 valence electrons. The molecule has 2 heterocycles. The summed E-state index contributed by atoms with van der Waals surface area (Å²) in [5, 5.41) is 6.87. The zero-order valence-corrected chi connectivity index (χ0v) is 17.4. The van der Waals surface area contributed by atoms with Gasteiger partial charge in [0.25, 0.3) is 5.91 Å². The quantitative estimate of drug-likeness (QED) is 0.608. The van der Waals surface area contributed by atoms with Crippen molar-refractivity contribution in [3.63, 3.8) is 0 Å². The van der Waals surface area contributed by atoms with E-state index >= 15 is 0 Å². The van der Waals surface area contributed by atoms with Crippen LogP contribution < -0.4 is 5.32 Å². The van der Waals surface area contributed by atoms with Gasteiger partial charge in [-0.2, -0.15) is 9.40 Å². The lowest BCUT2D eigenvalue weighted by atomic mass is 10.2. The maximum Gasteiger partial charge on any atom is 0.287 e. The van der Waals surface area contributed by atoms with Crippen molar-refractivity contribution in [3.8, 4) is 0 Å². The Bertz CT molecular complexity index is 1050. The number of hydrogen-bond donors (Lipinski definition) is 1. The average molecular weight is 417 g/mol. The predicted octanol–water partition coefficient (Wildman–Crippen LogP) is 2.48. The summed E-state index contributed by atoms with van der Waals surface area (Å²) in [5.41, 5.74) is 0.785. The van der Waals surface area contributed by atoms with Gasteiger partial charge in [-0.25, -0.2) is 8.42 Å². The zero-order valence-electron chi connectivity index (χ0n) is 16.6. The lowest BCUT2D eigenvalue weighted by Gasteiger charge is -2.21. The molecule has 3 aromatic rings. The third kappa shape index (κ3) is 4.93. The fourth-order valence-electron chi connectivity index (χ4n) is 2.63. The van der Waals surface area contributed by atoms with E-state index in [0.29, 0.717) is 12.3 Å². The number of carbonyl (C=O) groups excluding carboxylic acids is 1. The summed E-state index contributed by atoms with van der Waals surface area (Å²) in [4.78, 5) is 12.5. The smallest absolute Gasteiger partial charge is 0.287 e. The van der Waals surface area contributed by atoms with Gasteiger partial charge in [-0.3, -0.25) is 9.48 Å². The highest BCUT2D eigenvalue weighted by Crippen LogP contribution is 2.17. The van der Waals surface area contributed by atoms with E-state index in [1.165, 1.54) is 4.31 Å². The molecule has 29 heavy (non-hydrogen) atoms. The second kappa shape index (κ2) is 8.62. The van der Waals surface area contributed by atoms with Crippen LogP contribution >= 0.6 is 0 Å². The number of rotatable bonds is 8. The van der Waals surface area contributed by atoms with Gasteiger partial charge in [0.15, 0.2) is 5.76 Å². The first-order chi connectivity index (χ1) is 13.8. The molecule has 1 amide bonds. The first kappa shape index (κ1) is 20.8. The van der Waals surface area contributed by atoms with E-state index in [2.05, 4.69) is 10.4 Å². The van der Waals surface area contributed by atoms with Gasteiger partial charge in [-0.15, -0.1) is 0 Å². The number of benzene rings is 1.